The predicted molar refractivity (Wildman–Crippen MR) is 79.2 cm³/mol. The molecule has 1 heteroatoms. The van der Waals surface area contributed by atoms with Gasteiger partial charge in [-0.15, -0.1) is 0 Å². The summed E-state index contributed by atoms with van der Waals surface area (Å²) in [6.07, 6.45) is 8.28. The zero-order valence-electron chi connectivity index (χ0n) is 13.1. The second-order valence-corrected chi connectivity index (χ2v) is 3.72. The molecule has 0 N–H and O–H groups in total. The molecule has 0 amide bonds. The number of unbranched alkanes of at least 4 members (excludes halogenated alkanes) is 4. The number of hydrogen-bond acceptors (Lipinski definition) is 1. The van der Waals surface area contributed by atoms with Gasteiger partial charge in [-0.3, -0.25) is 0 Å². The first-order valence-electron chi connectivity index (χ1n) is 7.49. The highest BCUT2D eigenvalue weighted by atomic mass is 15.1. The Morgan fingerprint density at radius 1 is 0.625 bits per heavy atom. The van der Waals surface area contributed by atoms with Gasteiger partial charge in [0.1, 0.15) is 0 Å². The van der Waals surface area contributed by atoms with E-state index in [-0.39, 0.29) is 0 Å². The largest absolute Gasteiger partial charge is 0.306 e. The third-order valence-corrected chi connectivity index (χ3v) is 2.25. The van der Waals surface area contributed by atoms with E-state index in [9.17, 15) is 0 Å². The maximum Gasteiger partial charge on any atom is -0.00218 e. The Morgan fingerprint density at radius 3 is 1.56 bits per heavy atom. The molecule has 0 heterocycles. The van der Waals surface area contributed by atoms with E-state index in [2.05, 4.69) is 25.8 Å². The maximum atomic E-state index is 2.44. The summed E-state index contributed by atoms with van der Waals surface area (Å²) < 4.78 is 0. The van der Waals surface area contributed by atoms with Crippen molar-refractivity contribution >= 4 is 0 Å². The van der Waals surface area contributed by atoms with Gasteiger partial charge in [0.05, 0.1) is 0 Å². The standard InChI is InChI=1S/C11H25N.2C2H6/c1-4-6-7-8-9-11-12(3)10-5-2;2*1-2/h4-11H2,1-3H3;2*1-2H3. The van der Waals surface area contributed by atoms with Crippen LogP contribution in [0.2, 0.25) is 0 Å². The molecule has 0 aliphatic rings. The SMILES string of the molecule is CC.CC.CCCCCCCN(C)CCC. The van der Waals surface area contributed by atoms with Crippen LogP contribution >= 0.6 is 0 Å². The van der Waals surface area contributed by atoms with Gasteiger partial charge >= 0.3 is 0 Å². The lowest BCUT2D eigenvalue weighted by Crippen LogP contribution is -2.20. The Labute approximate surface area is 106 Å². The minimum atomic E-state index is 1.26. The van der Waals surface area contributed by atoms with Crippen molar-refractivity contribution in [2.75, 3.05) is 20.1 Å². The Balaban J connectivity index is -0.000000376. The van der Waals surface area contributed by atoms with E-state index in [1.807, 2.05) is 27.7 Å². The molecule has 0 aromatic rings. The molecule has 16 heavy (non-hydrogen) atoms. The Hall–Kier alpha value is -0.0400. The molecule has 0 aromatic carbocycles. The Bertz CT molecular complexity index is 81.5. The summed E-state index contributed by atoms with van der Waals surface area (Å²) in [6, 6.07) is 0. The third-order valence-electron chi connectivity index (χ3n) is 2.25. The molecule has 0 aliphatic carbocycles. The second kappa shape index (κ2) is 24.3. The molecule has 0 saturated heterocycles. The van der Waals surface area contributed by atoms with E-state index >= 15 is 0 Å². The van der Waals surface area contributed by atoms with Gasteiger partial charge in [0.2, 0.25) is 0 Å². The van der Waals surface area contributed by atoms with Crippen LogP contribution in [0.15, 0.2) is 0 Å². The van der Waals surface area contributed by atoms with Crippen LogP contribution in [0.25, 0.3) is 0 Å². The molecule has 102 valence electrons. The van der Waals surface area contributed by atoms with Crippen molar-refractivity contribution in [2.24, 2.45) is 0 Å². The van der Waals surface area contributed by atoms with Crippen molar-refractivity contribution in [3.05, 3.63) is 0 Å². The summed E-state index contributed by atoms with van der Waals surface area (Å²) in [5, 5.41) is 0. The monoisotopic (exact) mass is 231 g/mol. The molecule has 0 fully saturated rings. The van der Waals surface area contributed by atoms with E-state index in [4.69, 9.17) is 0 Å². The molecule has 0 saturated carbocycles. The van der Waals surface area contributed by atoms with E-state index in [0.29, 0.717) is 0 Å². The lowest BCUT2D eigenvalue weighted by Gasteiger charge is -2.14. The highest BCUT2D eigenvalue weighted by Gasteiger charge is 1.95. The van der Waals surface area contributed by atoms with Crippen molar-refractivity contribution < 1.29 is 0 Å². The van der Waals surface area contributed by atoms with Crippen molar-refractivity contribution in [3.63, 3.8) is 0 Å². The van der Waals surface area contributed by atoms with Crippen LogP contribution in [0.3, 0.4) is 0 Å². The maximum absolute atomic E-state index is 2.44. The minimum absolute atomic E-state index is 1.26. The second-order valence-electron chi connectivity index (χ2n) is 3.72. The van der Waals surface area contributed by atoms with Gasteiger partial charge in [0.25, 0.3) is 0 Å². The summed E-state index contributed by atoms with van der Waals surface area (Å²) in [4.78, 5) is 2.44. The quantitative estimate of drug-likeness (QED) is 0.509. The molecule has 0 unspecified atom stereocenters. The zero-order valence-corrected chi connectivity index (χ0v) is 13.1. The number of rotatable bonds is 8. The molecule has 0 atom stereocenters. The molecule has 0 radical (unpaired) electrons. The van der Waals surface area contributed by atoms with Gasteiger partial charge in [-0.25, -0.2) is 0 Å². The van der Waals surface area contributed by atoms with Crippen LogP contribution in [-0.4, -0.2) is 25.0 Å². The smallest absolute Gasteiger partial charge is 0.00218 e. The first kappa shape index (κ1) is 21.3. The average Bonchev–Trinajstić information content (AvgIpc) is 2.34. The van der Waals surface area contributed by atoms with E-state index in [0.717, 1.165) is 0 Å². The van der Waals surface area contributed by atoms with Crippen LogP contribution in [0.4, 0.5) is 0 Å². The number of hydrogen-bond donors (Lipinski definition) is 0. The zero-order chi connectivity index (χ0) is 13.2. The van der Waals surface area contributed by atoms with E-state index in [1.165, 1.54) is 51.6 Å². The fraction of sp³-hybridized carbons (Fsp3) is 1.00. The van der Waals surface area contributed by atoms with E-state index in [1.54, 1.807) is 0 Å². The molecular formula is C15H37N. The van der Waals surface area contributed by atoms with Gasteiger partial charge in [-0.2, -0.15) is 0 Å². The van der Waals surface area contributed by atoms with Crippen molar-refractivity contribution in [1.29, 1.82) is 0 Å². The van der Waals surface area contributed by atoms with Crippen molar-refractivity contribution in [1.82, 2.24) is 4.90 Å². The topological polar surface area (TPSA) is 3.24 Å². The third kappa shape index (κ3) is 23.6. The van der Waals surface area contributed by atoms with Gasteiger partial charge in [-0.1, -0.05) is 67.2 Å². The first-order chi connectivity index (χ1) is 7.81. The summed E-state index contributed by atoms with van der Waals surface area (Å²) in [7, 11) is 2.23. The van der Waals surface area contributed by atoms with E-state index < -0.39 is 0 Å². The van der Waals surface area contributed by atoms with Gasteiger partial charge < -0.3 is 4.90 Å². The first-order valence-corrected chi connectivity index (χ1v) is 7.49. The van der Waals surface area contributed by atoms with Gasteiger partial charge in [0, 0.05) is 0 Å². The molecule has 0 bridgehead atoms. The predicted octanol–water partition coefficient (Wildman–Crippen LogP) is 5.35. The minimum Gasteiger partial charge on any atom is -0.306 e. The van der Waals surface area contributed by atoms with Crippen LogP contribution in [0.1, 0.15) is 80.1 Å². The molecule has 0 rings (SSSR count). The molecule has 0 spiro atoms. The number of nitrogens with zero attached hydrogens (tertiary/aromatic N) is 1. The Morgan fingerprint density at radius 2 is 1.12 bits per heavy atom. The molecule has 0 aliphatic heterocycles. The lowest BCUT2D eigenvalue weighted by atomic mass is 10.1. The lowest BCUT2D eigenvalue weighted by molar-refractivity contribution is 0.324. The van der Waals surface area contributed by atoms with Crippen LogP contribution in [-0.2, 0) is 0 Å². The van der Waals surface area contributed by atoms with Crippen molar-refractivity contribution in [3.8, 4) is 0 Å². The normalized spacial score (nSPS) is 9.00. The summed E-state index contributed by atoms with van der Waals surface area (Å²) in [6.45, 7) is 15.1. The molecule has 0 aromatic heterocycles. The molecular weight excluding hydrogens is 194 g/mol. The fourth-order valence-electron chi connectivity index (χ4n) is 1.48. The van der Waals surface area contributed by atoms with Gasteiger partial charge in [-0.05, 0) is 33.0 Å². The van der Waals surface area contributed by atoms with Gasteiger partial charge in [0.15, 0.2) is 0 Å². The highest BCUT2D eigenvalue weighted by molar-refractivity contribution is 4.50. The average molecular weight is 231 g/mol. The fourth-order valence-corrected chi connectivity index (χ4v) is 1.48. The molecule has 1 nitrogen and oxygen atoms in total. The van der Waals surface area contributed by atoms with Crippen LogP contribution in [0, 0.1) is 0 Å². The van der Waals surface area contributed by atoms with Crippen molar-refractivity contribution in [2.45, 2.75) is 80.1 Å². The Kier molecular flexibility index (Phi) is 32.3. The summed E-state index contributed by atoms with van der Waals surface area (Å²) in [5.74, 6) is 0. The summed E-state index contributed by atoms with van der Waals surface area (Å²) in [5.41, 5.74) is 0. The van der Waals surface area contributed by atoms with Crippen LogP contribution in [0.5, 0.6) is 0 Å². The van der Waals surface area contributed by atoms with Crippen LogP contribution < -0.4 is 0 Å². The highest BCUT2D eigenvalue weighted by Crippen LogP contribution is 2.03. The summed E-state index contributed by atoms with van der Waals surface area (Å²) >= 11 is 0.